The second-order valence-corrected chi connectivity index (χ2v) is 8.23. The number of nitrogens with zero attached hydrogens (tertiary/aromatic N) is 1. The number of aryl methyl sites for hydroxylation is 1. The van der Waals surface area contributed by atoms with Gasteiger partial charge in [0.1, 0.15) is 12.4 Å². The van der Waals surface area contributed by atoms with Crippen LogP contribution in [0.4, 0.5) is 4.79 Å². The smallest absolute Gasteiger partial charge is 0.410 e. The van der Waals surface area contributed by atoms with E-state index in [0.29, 0.717) is 25.9 Å². The topological polar surface area (TPSA) is 67.9 Å². The molecular weight excluding hydrogens is 356 g/mol. The third-order valence-corrected chi connectivity index (χ3v) is 4.74. The first kappa shape index (κ1) is 21.8. The van der Waals surface area contributed by atoms with E-state index in [1.54, 1.807) is 11.0 Å². The highest BCUT2D eigenvalue weighted by molar-refractivity contribution is 5.78. The Morgan fingerprint density at radius 2 is 1.96 bits per heavy atom. The number of hydrogen-bond acceptors (Lipinski definition) is 4. The Morgan fingerprint density at radius 3 is 2.57 bits per heavy atom. The molecule has 0 aliphatic carbocycles. The van der Waals surface area contributed by atoms with Crippen LogP contribution in [0.3, 0.4) is 0 Å². The van der Waals surface area contributed by atoms with Crippen LogP contribution < -0.4 is 10.1 Å². The quantitative estimate of drug-likeness (QED) is 0.757. The number of amides is 2. The molecule has 1 fully saturated rings. The molecule has 0 aromatic heterocycles. The second kappa shape index (κ2) is 9.62. The highest BCUT2D eigenvalue weighted by Crippen LogP contribution is 2.32. The molecule has 1 N–H and O–H groups in total. The lowest BCUT2D eigenvalue weighted by atomic mass is 9.85. The van der Waals surface area contributed by atoms with E-state index in [9.17, 15) is 9.59 Å². The molecule has 0 unspecified atom stereocenters. The molecule has 1 aromatic carbocycles. The molecule has 1 heterocycles. The van der Waals surface area contributed by atoms with Crippen LogP contribution in [0.25, 0.3) is 0 Å². The largest absolute Gasteiger partial charge is 0.483 e. The summed E-state index contributed by atoms with van der Waals surface area (Å²) in [7, 11) is 0. The molecule has 154 valence electrons. The van der Waals surface area contributed by atoms with Crippen molar-refractivity contribution < 1.29 is 19.1 Å². The van der Waals surface area contributed by atoms with Crippen molar-refractivity contribution in [3.05, 3.63) is 42.0 Å². The van der Waals surface area contributed by atoms with E-state index in [1.807, 2.05) is 19.1 Å². The Labute approximate surface area is 167 Å². The van der Waals surface area contributed by atoms with E-state index in [0.717, 1.165) is 11.3 Å². The molecule has 2 rings (SSSR count). The van der Waals surface area contributed by atoms with Crippen LogP contribution in [0.2, 0.25) is 0 Å². The molecule has 1 saturated heterocycles. The third-order valence-electron chi connectivity index (χ3n) is 4.74. The van der Waals surface area contributed by atoms with Gasteiger partial charge in [-0.3, -0.25) is 4.79 Å². The number of ether oxygens (including phenoxy) is 2. The van der Waals surface area contributed by atoms with Gasteiger partial charge in [-0.1, -0.05) is 51.1 Å². The standard InChI is InChI=1S/C22H32N2O4/c1-6-13-27-21(26)24-11-9-17(10-12-24)23-20(25)15-28-19-8-7-16(2)14-18(19)22(3,4)5/h6-8,14,17H,1,9-13,15H2,2-5H3,(H,23,25). The van der Waals surface area contributed by atoms with Crippen molar-refractivity contribution in [3.8, 4) is 5.75 Å². The summed E-state index contributed by atoms with van der Waals surface area (Å²) < 4.78 is 10.9. The Bertz CT molecular complexity index is 701. The lowest BCUT2D eigenvalue weighted by Gasteiger charge is -2.31. The SMILES string of the molecule is C=CCOC(=O)N1CCC(NC(=O)COc2ccc(C)cc2C(C)(C)C)CC1. The van der Waals surface area contributed by atoms with E-state index in [2.05, 4.69) is 38.7 Å². The monoisotopic (exact) mass is 388 g/mol. The summed E-state index contributed by atoms with van der Waals surface area (Å²) in [6.45, 7) is 13.3. The van der Waals surface area contributed by atoms with Crippen LogP contribution in [0, 0.1) is 6.92 Å². The number of piperidine rings is 1. The molecule has 6 heteroatoms. The molecule has 0 spiro atoms. The van der Waals surface area contributed by atoms with Gasteiger partial charge < -0.3 is 19.7 Å². The number of nitrogens with one attached hydrogen (secondary N) is 1. The fourth-order valence-electron chi connectivity index (χ4n) is 3.20. The number of carbonyl (C=O) groups is 2. The summed E-state index contributed by atoms with van der Waals surface area (Å²) in [5, 5.41) is 3.00. The molecule has 1 aromatic rings. The molecule has 0 bridgehead atoms. The van der Waals surface area contributed by atoms with Crippen LogP contribution in [0.1, 0.15) is 44.7 Å². The molecule has 1 aliphatic heterocycles. The van der Waals surface area contributed by atoms with Crippen LogP contribution >= 0.6 is 0 Å². The zero-order valence-corrected chi connectivity index (χ0v) is 17.4. The van der Waals surface area contributed by atoms with E-state index >= 15 is 0 Å². The van der Waals surface area contributed by atoms with Gasteiger partial charge in [0.2, 0.25) is 0 Å². The number of rotatable bonds is 6. The summed E-state index contributed by atoms with van der Waals surface area (Å²) in [6.07, 6.45) is 2.62. The van der Waals surface area contributed by atoms with E-state index in [4.69, 9.17) is 9.47 Å². The second-order valence-electron chi connectivity index (χ2n) is 8.23. The summed E-state index contributed by atoms with van der Waals surface area (Å²) >= 11 is 0. The van der Waals surface area contributed by atoms with Crippen molar-refractivity contribution in [1.29, 1.82) is 0 Å². The van der Waals surface area contributed by atoms with E-state index < -0.39 is 0 Å². The van der Waals surface area contributed by atoms with Crippen LogP contribution in [0.5, 0.6) is 5.75 Å². The van der Waals surface area contributed by atoms with Gasteiger partial charge in [-0.15, -0.1) is 0 Å². The Balaban J connectivity index is 1.81. The first-order chi connectivity index (χ1) is 13.2. The lowest BCUT2D eigenvalue weighted by molar-refractivity contribution is -0.124. The maximum atomic E-state index is 12.3. The van der Waals surface area contributed by atoms with Crippen molar-refractivity contribution in [1.82, 2.24) is 10.2 Å². The van der Waals surface area contributed by atoms with Gasteiger partial charge >= 0.3 is 6.09 Å². The van der Waals surface area contributed by atoms with Crippen molar-refractivity contribution in [2.45, 2.75) is 52.0 Å². The zero-order chi connectivity index (χ0) is 20.7. The highest BCUT2D eigenvalue weighted by atomic mass is 16.6. The van der Waals surface area contributed by atoms with Gasteiger partial charge in [-0.25, -0.2) is 4.79 Å². The Kier molecular flexibility index (Phi) is 7.49. The van der Waals surface area contributed by atoms with Crippen LogP contribution in [-0.2, 0) is 14.9 Å². The molecule has 28 heavy (non-hydrogen) atoms. The maximum Gasteiger partial charge on any atom is 0.410 e. The van der Waals surface area contributed by atoms with E-state index in [1.165, 1.54) is 5.56 Å². The molecular formula is C22H32N2O4. The molecule has 1 aliphatic rings. The van der Waals surface area contributed by atoms with Crippen molar-refractivity contribution in [3.63, 3.8) is 0 Å². The summed E-state index contributed by atoms with van der Waals surface area (Å²) in [5.74, 6) is 0.598. The lowest BCUT2D eigenvalue weighted by Crippen LogP contribution is -2.47. The van der Waals surface area contributed by atoms with Crippen molar-refractivity contribution >= 4 is 12.0 Å². The van der Waals surface area contributed by atoms with Gasteiger partial charge in [0.05, 0.1) is 0 Å². The predicted octanol–water partition coefficient (Wildman–Crippen LogP) is 3.57. The highest BCUT2D eigenvalue weighted by Gasteiger charge is 2.25. The molecule has 6 nitrogen and oxygen atoms in total. The maximum absolute atomic E-state index is 12.3. The summed E-state index contributed by atoms with van der Waals surface area (Å²) in [6, 6.07) is 6.06. The Hall–Kier alpha value is -2.50. The molecule has 0 atom stereocenters. The van der Waals surface area contributed by atoms with Crippen molar-refractivity contribution in [2.75, 3.05) is 26.3 Å². The number of likely N-dealkylation sites (tertiary alicyclic amines) is 1. The summed E-state index contributed by atoms with van der Waals surface area (Å²) in [4.78, 5) is 25.8. The first-order valence-corrected chi connectivity index (χ1v) is 9.76. The van der Waals surface area contributed by atoms with Gasteiger partial charge in [-0.2, -0.15) is 0 Å². The number of carbonyl (C=O) groups excluding carboxylic acids is 2. The van der Waals surface area contributed by atoms with Gasteiger partial charge in [0, 0.05) is 19.1 Å². The van der Waals surface area contributed by atoms with Gasteiger partial charge in [0.25, 0.3) is 5.91 Å². The summed E-state index contributed by atoms with van der Waals surface area (Å²) in [5.41, 5.74) is 2.19. The van der Waals surface area contributed by atoms with Gasteiger partial charge in [0.15, 0.2) is 6.61 Å². The fourth-order valence-corrected chi connectivity index (χ4v) is 3.20. The average Bonchev–Trinajstić information content (AvgIpc) is 2.65. The van der Waals surface area contributed by atoms with Crippen molar-refractivity contribution in [2.24, 2.45) is 0 Å². The van der Waals surface area contributed by atoms with Crippen LogP contribution in [-0.4, -0.2) is 49.2 Å². The number of hydrogen-bond donors (Lipinski definition) is 1. The number of benzene rings is 1. The van der Waals surface area contributed by atoms with Gasteiger partial charge in [-0.05, 0) is 36.8 Å². The minimum atomic E-state index is -0.331. The minimum absolute atomic E-state index is 0.0201. The zero-order valence-electron chi connectivity index (χ0n) is 17.4. The predicted molar refractivity (Wildman–Crippen MR) is 110 cm³/mol. The third kappa shape index (κ3) is 6.29. The first-order valence-electron chi connectivity index (χ1n) is 9.76. The normalized spacial score (nSPS) is 15.1. The van der Waals surface area contributed by atoms with E-state index in [-0.39, 0.29) is 36.7 Å². The minimum Gasteiger partial charge on any atom is -0.483 e. The Morgan fingerprint density at radius 1 is 1.29 bits per heavy atom. The molecule has 0 radical (unpaired) electrons. The van der Waals surface area contributed by atoms with Crippen LogP contribution in [0.15, 0.2) is 30.9 Å². The fraction of sp³-hybridized carbons (Fsp3) is 0.545. The molecule has 0 saturated carbocycles. The average molecular weight is 389 g/mol. The molecule has 2 amide bonds.